The average Bonchev–Trinajstić information content (AvgIpc) is 2.63. The molecule has 1 unspecified atom stereocenters. The van der Waals surface area contributed by atoms with Crippen LogP contribution in [0.25, 0.3) is 0 Å². The predicted octanol–water partition coefficient (Wildman–Crippen LogP) is 1.87. The van der Waals surface area contributed by atoms with Crippen LogP contribution < -0.4 is 11.1 Å². The number of thiazole rings is 1. The Morgan fingerprint density at radius 2 is 2.12 bits per heavy atom. The van der Waals surface area contributed by atoms with Crippen molar-refractivity contribution in [3.63, 3.8) is 0 Å². The first-order valence-corrected chi connectivity index (χ1v) is 6.77. The van der Waals surface area contributed by atoms with Crippen LogP contribution in [0.15, 0.2) is 5.38 Å². The van der Waals surface area contributed by atoms with Gasteiger partial charge in [-0.3, -0.25) is 4.79 Å². The second kappa shape index (κ2) is 6.12. The van der Waals surface area contributed by atoms with Crippen LogP contribution >= 0.6 is 11.3 Å². The van der Waals surface area contributed by atoms with Gasteiger partial charge in [-0.15, -0.1) is 11.3 Å². The van der Waals surface area contributed by atoms with Crippen LogP contribution in [0.5, 0.6) is 0 Å². The van der Waals surface area contributed by atoms with Crippen LogP contribution in [0, 0.1) is 5.92 Å². The third kappa shape index (κ3) is 4.44. The number of aromatic nitrogens is 1. The topological polar surface area (TPSA) is 68.0 Å². The Morgan fingerprint density at radius 1 is 1.47 bits per heavy atom. The molecular weight excluding hydrogens is 234 g/mol. The zero-order valence-corrected chi connectivity index (χ0v) is 11.7. The van der Waals surface area contributed by atoms with Crippen molar-refractivity contribution < 1.29 is 4.79 Å². The minimum Gasteiger partial charge on any atom is -0.354 e. The number of hydrogen-bond donors (Lipinski definition) is 2. The molecule has 0 bridgehead atoms. The molecule has 0 fully saturated rings. The van der Waals surface area contributed by atoms with Gasteiger partial charge >= 0.3 is 0 Å². The molecule has 0 aliphatic carbocycles. The second-order valence-electron chi connectivity index (χ2n) is 4.85. The molecule has 5 heteroatoms. The van der Waals surface area contributed by atoms with Crippen molar-refractivity contribution in [3.05, 3.63) is 16.1 Å². The molecule has 1 atom stereocenters. The Kier molecular flexibility index (Phi) is 5.08. The standard InChI is InChI=1S/C12H21N3OS/c1-7(2)11(13)12-15-9(6-17-12)5-10(16)14-8(3)4/h6-8,11H,5,13H2,1-4H3,(H,14,16). The van der Waals surface area contributed by atoms with E-state index in [4.69, 9.17) is 5.73 Å². The van der Waals surface area contributed by atoms with E-state index < -0.39 is 0 Å². The van der Waals surface area contributed by atoms with Crippen molar-refractivity contribution in [2.24, 2.45) is 11.7 Å². The zero-order chi connectivity index (χ0) is 13.0. The zero-order valence-electron chi connectivity index (χ0n) is 10.9. The summed E-state index contributed by atoms with van der Waals surface area (Å²) in [6.07, 6.45) is 0.333. The second-order valence-corrected chi connectivity index (χ2v) is 5.74. The molecule has 1 aromatic heterocycles. The fraction of sp³-hybridized carbons (Fsp3) is 0.667. The van der Waals surface area contributed by atoms with Gasteiger partial charge in [-0.25, -0.2) is 4.98 Å². The minimum absolute atomic E-state index is 0.00923. The van der Waals surface area contributed by atoms with Crippen molar-refractivity contribution in [1.29, 1.82) is 0 Å². The Balaban J connectivity index is 2.60. The van der Waals surface area contributed by atoms with Crippen LogP contribution in [0.4, 0.5) is 0 Å². The van der Waals surface area contributed by atoms with Gasteiger partial charge in [0.15, 0.2) is 0 Å². The van der Waals surface area contributed by atoms with Crippen molar-refractivity contribution in [1.82, 2.24) is 10.3 Å². The first-order valence-electron chi connectivity index (χ1n) is 5.89. The molecule has 1 amide bonds. The molecule has 0 radical (unpaired) electrons. The van der Waals surface area contributed by atoms with E-state index in [2.05, 4.69) is 24.1 Å². The lowest BCUT2D eigenvalue weighted by atomic mass is 10.1. The Bertz CT molecular complexity index is 374. The minimum atomic E-state index is -0.0399. The summed E-state index contributed by atoms with van der Waals surface area (Å²) in [5.74, 6) is 0.369. The molecule has 0 aromatic carbocycles. The summed E-state index contributed by atoms with van der Waals surface area (Å²) in [6, 6.07) is 0.125. The van der Waals surface area contributed by atoms with Gasteiger partial charge < -0.3 is 11.1 Å². The molecule has 0 saturated heterocycles. The molecular formula is C12H21N3OS. The quantitative estimate of drug-likeness (QED) is 0.844. The van der Waals surface area contributed by atoms with Crippen LogP contribution in [0.1, 0.15) is 44.4 Å². The monoisotopic (exact) mass is 255 g/mol. The van der Waals surface area contributed by atoms with Gasteiger partial charge in [0.25, 0.3) is 0 Å². The summed E-state index contributed by atoms with van der Waals surface area (Å²) >= 11 is 1.53. The molecule has 1 aromatic rings. The van der Waals surface area contributed by atoms with Gasteiger partial charge in [0, 0.05) is 11.4 Å². The highest BCUT2D eigenvalue weighted by Gasteiger charge is 2.15. The summed E-state index contributed by atoms with van der Waals surface area (Å²) in [4.78, 5) is 16.0. The van der Waals surface area contributed by atoms with E-state index in [9.17, 15) is 4.79 Å². The van der Waals surface area contributed by atoms with E-state index in [1.54, 1.807) is 0 Å². The molecule has 3 N–H and O–H groups in total. The lowest BCUT2D eigenvalue weighted by Gasteiger charge is -2.11. The van der Waals surface area contributed by atoms with Crippen LogP contribution in [-0.4, -0.2) is 16.9 Å². The van der Waals surface area contributed by atoms with E-state index in [1.165, 1.54) is 11.3 Å². The van der Waals surface area contributed by atoms with E-state index >= 15 is 0 Å². The molecule has 0 saturated carbocycles. The number of carbonyl (C=O) groups is 1. The highest BCUT2D eigenvalue weighted by atomic mass is 32.1. The van der Waals surface area contributed by atoms with Crippen molar-refractivity contribution >= 4 is 17.2 Å². The van der Waals surface area contributed by atoms with Crippen molar-refractivity contribution in [2.75, 3.05) is 0 Å². The van der Waals surface area contributed by atoms with Gasteiger partial charge in [0.05, 0.1) is 18.2 Å². The summed E-state index contributed by atoms with van der Waals surface area (Å²) in [5, 5.41) is 5.67. The molecule has 0 aliphatic rings. The number of rotatable bonds is 5. The average molecular weight is 255 g/mol. The first-order chi connectivity index (χ1) is 7.90. The molecule has 4 nitrogen and oxygen atoms in total. The molecule has 17 heavy (non-hydrogen) atoms. The normalized spacial score (nSPS) is 13.1. The van der Waals surface area contributed by atoms with Gasteiger partial charge in [0.2, 0.25) is 5.91 Å². The van der Waals surface area contributed by atoms with E-state index in [0.717, 1.165) is 10.7 Å². The van der Waals surface area contributed by atoms with Crippen molar-refractivity contribution in [3.8, 4) is 0 Å². The molecule has 0 aliphatic heterocycles. The van der Waals surface area contributed by atoms with Gasteiger partial charge in [0.1, 0.15) is 5.01 Å². The maximum absolute atomic E-state index is 11.6. The predicted molar refractivity (Wildman–Crippen MR) is 70.9 cm³/mol. The summed E-state index contributed by atoms with van der Waals surface area (Å²) in [6.45, 7) is 8.02. The molecule has 96 valence electrons. The van der Waals surface area contributed by atoms with Gasteiger partial charge in [-0.2, -0.15) is 0 Å². The number of amides is 1. The fourth-order valence-electron chi connectivity index (χ4n) is 1.38. The Hall–Kier alpha value is -0.940. The number of nitrogens with zero attached hydrogens (tertiary/aromatic N) is 1. The van der Waals surface area contributed by atoms with Gasteiger partial charge in [-0.1, -0.05) is 13.8 Å². The Morgan fingerprint density at radius 3 is 2.65 bits per heavy atom. The summed E-state index contributed by atoms with van der Waals surface area (Å²) in [5.41, 5.74) is 6.81. The first kappa shape index (κ1) is 14.1. The molecule has 0 spiro atoms. The number of carbonyl (C=O) groups excluding carboxylic acids is 1. The number of nitrogens with one attached hydrogen (secondary N) is 1. The van der Waals surface area contributed by atoms with Crippen molar-refractivity contribution in [2.45, 2.75) is 46.2 Å². The molecule has 1 rings (SSSR count). The van der Waals surface area contributed by atoms with Gasteiger partial charge in [-0.05, 0) is 19.8 Å². The highest BCUT2D eigenvalue weighted by Crippen LogP contribution is 2.22. The fourth-order valence-corrected chi connectivity index (χ4v) is 2.37. The third-order valence-electron chi connectivity index (χ3n) is 2.36. The summed E-state index contributed by atoms with van der Waals surface area (Å²) in [7, 11) is 0. The summed E-state index contributed by atoms with van der Waals surface area (Å²) < 4.78 is 0. The largest absolute Gasteiger partial charge is 0.354 e. The van der Waals surface area contributed by atoms with E-state index in [0.29, 0.717) is 12.3 Å². The van der Waals surface area contributed by atoms with Crippen LogP contribution in [0.3, 0.4) is 0 Å². The molecule has 1 heterocycles. The van der Waals surface area contributed by atoms with Crippen LogP contribution in [-0.2, 0) is 11.2 Å². The maximum atomic E-state index is 11.6. The number of hydrogen-bond acceptors (Lipinski definition) is 4. The third-order valence-corrected chi connectivity index (χ3v) is 3.36. The Labute approximate surface area is 107 Å². The lowest BCUT2D eigenvalue weighted by Crippen LogP contribution is -2.31. The SMILES string of the molecule is CC(C)NC(=O)Cc1csc(C(N)C(C)C)n1. The smallest absolute Gasteiger partial charge is 0.226 e. The van der Waals surface area contributed by atoms with E-state index in [1.807, 2.05) is 19.2 Å². The maximum Gasteiger partial charge on any atom is 0.226 e. The number of nitrogens with two attached hydrogens (primary N) is 1. The van der Waals surface area contributed by atoms with Crippen LogP contribution in [0.2, 0.25) is 0 Å². The highest BCUT2D eigenvalue weighted by molar-refractivity contribution is 7.09. The lowest BCUT2D eigenvalue weighted by molar-refractivity contribution is -0.120. The van der Waals surface area contributed by atoms with E-state index in [-0.39, 0.29) is 18.0 Å².